The van der Waals surface area contributed by atoms with Crippen molar-refractivity contribution >= 4 is 23.1 Å². The molecule has 0 radical (unpaired) electrons. The molecule has 0 aliphatic heterocycles. The zero-order valence-electron chi connectivity index (χ0n) is 13.5. The van der Waals surface area contributed by atoms with Gasteiger partial charge in [0.15, 0.2) is 0 Å². The van der Waals surface area contributed by atoms with Crippen molar-refractivity contribution in [2.75, 3.05) is 5.32 Å². The van der Waals surface area contributed by atoms with Gasteiger partial charge in [-0.05, 0) is 43.7 Å². The van der Waals surface area contributed by atoms with Gasteiger partial charge < -0.3 is 5.32 Å². The van der Waals surface area contributed by atoms with Gasteiger partial charge in [-0.1, -0.05) is 23.7 Å². The van der Waals surface area contributed by atoms with Crippen molar-refractivity contribution in [2.24, 2.45) is 7.05 Å². The number of nitrogens with zero attached hydrogens (tertiary/aromatic N) is 2. The number of benzene rings is 2. The summed E-state index contributed by atoms with van der Waals surface area (Å²) in [5.74, 6) is -0.177. The van der Waals surface area contributed by atoms with Crippen LogP contribution in [0.4, 0.5) is 20.3 Å². The molecule has 0 aliphatic carbocycles. The number of anilines is 2. The van der Waals surface area contributed by atoms with Gasteiger partial charge in [-0.25, -0.2) is 8.78 Å². The average Bonchev–Trinajstić information content (AvgIpc) is 2.77. The molecule has 124 valence electrons. The minimum atomic E-state index is -0.412. The van der Waals surface area contributed by atoms with Crippen molar-refractivity contribution < 1.29 is 8.78 Å². The van der Waals surface area contributed by atoms with Gasteiger partial charge in [0.2, 0.25) is 0 Å². The van der Waals surface area contributed by atoms with Crippen LogP contribution in [0, 0.1) is 25.5 Å². The molecule has 0 saturated heterocycles. The van der Waals surface area contributed by atoms with Crippen LogP contribution in [0.2, 0.25) is 5.02 Å². The van der Waals surface area contributed by atoms with E-state index in [2.05, 4.69) is 10.4 Å². The monoisotopic (exact) mass is 347 g/mol. The standard InChI is InChI=1S/C18H16ClF2N3/c1-10-5-4-6-15(21)17(10)22-18-16(11(2)23-24(18)3)13-8-7-12(20)9-14(13)19/h4-9,22H,1-3H3. The number of hydrogen-bond donors (Lipinski definition) is 1. The molecule has 1 N–H and O–H groups in total. The number of nitrogens with one attached hydrogen (secondary N) is 1. The lowest BCUT2D eigenvalue weighted by Gasteiger charge is -2.14. The molecule has 1 aromatic heterocycles. The van der Waals surface area contributed by atoms with Crippen LogP contribution in [0.15, 0.2) is 36.4 Å². The first kappa shape index (κ1) is 16.5. The molecule has 0 fully saturated rings. The Hall–Kier alpha value is -2.40. The SMILES string of the molecule is Cc1cccc(F)c1Nc1c(-c2ccc(F)cc2Cl)c(C)nn1C. The Labute approximate surface area is 143 Å². The number of aryl methyl sites for hydroxylation is 3. The van der Waals surface area contributed by atoms with E-state index in [1.807, 2.05) is 19.9 Å². The summed E-state index contributed by atoms with van der Waals surface area (Å²) in [6, 6.07) is 9.05. The van der Waals surface area contributed by atoms with E-state index in [0.717, 1.165) is 5.56 Å². The fourth-order valence-corrected chi connectivity index (χ4v) is 2.99. The Bertz CT molecular complexity index is 899. The highest BCUT2D eigenvalue weighted by Gasteiger charge is 2.19. The van der Waals surface area contributed by atoms with E-state index in [-0.39, 0.29) is 10.8 Å². The lowest BCUT2D eigenvalue weighted by atomic mass is 10.1. The fourth-order valence-electron chi connectivity index (χ4n) is 2.72. The molecular weight excluding hydrogens is 332 g/mol. The van der Waals surface area contributed by atoms with E-state index in [0.29, 0.717) is 28.3 Å². The second kappa shape index (κ2) is 6.24. The van der Waals surface area contributed by atoms with Crippen LogP contribution >= 0.6 is 11.6 Å². The highest BCUT2D eigenvalue weighted by Crippen LogP contribution is 2.38. The summed E-state index contributed by atoms with van der Waals surface area (Å²) in [4.78, 5) is 0. The third kappa shape index (κ3) is 2.87. The number of para-hydroxylation sites is 1. The predicted octanol–water partition coefficient (Wildman–Crippen LogP) is 5.38. The van der Waals surface area contributed by atoms with Crippen LogP contribution in [0.25, 0.3) is 11.1 Å². The van der Waals surface area contributed by atoms with E-state index < -0.39 is 5.82 Å². The smallest absolute Gasteiger partial charge is 0.146 e. The Morgan fingerprint density at radius 3 is 2.54 bits per heavy atom. The van der Waals surface area contributed by atoms with Crippen molar-refractivity contribution in [3.63, 3.8) is 0 Å². The molecule has 0 saturated carbocycles. The minimum Gasteiger partial charge on any atom is -0.337 e. The largest absolute Gasteiger partial charge is 0.337 e. The van der Waals surface area contributed by atoms with Crippen molar-refractivity contribution in [1.82, 2.24) is 9.78 Å². The third-order valence-corrected chi connectivity index (χ3v) is 4.20. The fraction of sp³-hybridized carbons (Fsp3) is 0.167. The van der Waals surface area contributed by atoms with Gasteiger partial charge in [-0.15, -0.1) is 0 Å². The van der Waals surface area contributed by atoms with Gasteiger partial charge in [0.25, 0.3) is 0 Å². The first-order valence-corrected chi connectivity index (χ1v) is 7.77. The third-order valence-electron chi connectivity index (χ3n) is 3.89. The Morgan fingerprint density at radius 1 is 1.12 bits per heavy atom. The average molecular weight is 348 g/mol. The zero-order chi connectivity index (χ0) is 17.4. The molecule has 0 spiro atoms. The number of rotatable bonds is 3. The maximum absolute atomic E-state index is 14.2. The summed E-state index contributed by atoms with van der Waals surface area (Å²) in [6.45, 7) is 3.65. The molecule has 2 aromatic carbocycles. The van der Waals surface area contributed by atoms with Gasteiger partial charge in [0.05, 0.1) is 16.4 Å². The van der Waals surface area contributed by atoms with Gasteiger partial charge in [0.1, 0.15) is 17.5 Å². The van der Waals surface area contributed by atoms with Crippen LogP contribution in [0.1, 0.15) is 11.3 Å². The molecule has 3 rings (SSSR count). The quantitative estimate of drug-likeness (QED) is 0.689. The molecule has 0 unspecified atom stereocenters. The van der Waals surface area contributed by atoms with Crippen LogP contribution in [-0.2, 0) is 7.05 Å². The summed E-state index contributed by atoms with van der Waals surface area (Å²) in [5.41, 5.74) is 3.21. The molecule has 3 aromatic rings. The van der Waals surface area contributed by atoms with Crippen molar-refractivity contribution in [3.8, 4) is 11.1 Å². The lowest BCUT2D eigenvalue weighted by molar-refractivity contribution is 0.628. The summed E-state index contributed by atoms with van der Waals surface area (Å²) in [5, 5.41) is 7.77. The second-order valence-electron chi connectivity index (χ2n) is 5.61. The molecule has 3 nitrogen and oxygen atoms in total. The molecule has 24 heavy (non-hydrogen) atoms. The summed E-state index contributed by atoms with van der Waals surface area (Å²) >= 11 is 6.20. The molecule has 0 amide bonds. The summed E-state index contributed by atoms with van der Waals surface area (Å²) in [7, 11) is 1.76. The molecular formula is C18H16ClF2N3. The van der Waals surface area contributed by atoms with E-state index in [4.69, 9.17) is 11.6 Å². The topological polar surface area (TPSA) is 29.9 Å². The van der Waals surface area contributed by atoms with Gasteiger partial charge in [0, 0.05) is 18.2 Å². The van der Waals surface area contributed by atoms with Crippen LogP contribution in [-0.4, -0.2) is 9.78 Å². The van der Waals surface area contributed by atoms with Gasteiger partial charge in [-0.2, -0.15) is 5.10 Å². The summed E-state index contributed by atoms with van der Waals surface area (Å²) in [6.07, 6.45) is 0. The minimum absolute atomic E-state index is 0.277. The maximum Gasteiger partial charge on any atom is 0.146 e. The highest BCUT2D eigenvalue weighted by atomic mass is 35.5. The van der Waals surface area contributed by atoms with Gasteiger partial charge in [-0.3, -0.25) is 4.68 Å². The first-order valence-electron chi connectivity index (χ1n) is 7.39. The van der Waals surface area contributed by atoms with E-state index >= 15 is 0 Å². The van der Waals surface area contributed by atoms with Gasteiger partial charge >= 0.3 is 0 Å². The first-order chi connectivity index (χ1) is 11.4. The Balaban J connectivity index is 2.16. The van der Waals surface area contributed by atoms with Crippen LogP contribution in [0.5, 0.6) is 0 Å². The number of hydrogen-bond acceptors (Lipinski definition) is 2. The predicted molar refractivity (Wildman–Crippen MR) is 92.8 cm³/mol. The lowest BCUT2D eigenvalue weighted by Crippen LogP contribution is -2.03. The normalized spacial score (nSPS) is 10.9. The van der Waals surface area contributed by atoms with Crippen molar-refractivity contribution in [2.45, 2.75) is 13.8 Å². The molecule has 0 aliphatic rings. The van der Waals surface area contributed by atoms with Crippen molar-refractivity contribution in [1.29, 1.82) is 0 Å². The maximum atomic E-state index is 14.2. The second-order valence-corrected chi connectivity index (χ2v) is 6.02. The zero-order valence-corrected chi connectivity index (χ0v) is 14.2. The van der Waals surface area contributed by atoms with Crippen LogP contribution < -0.4 is 5.32 Å². The number of halogens is 3. The van der Waals surface area contributed by atoms with E-state index in [9.17, 15) is 8.78 Å². The highest BCUT2D eigenvalue weighted by molar-refractivity contribution is 6.33. The van der Waals surface area contributed by atoms with E-state index in [1.54, 1.807) is 23.9 Å². The molecule has 0 bridgehead atoms. The van der Waals surface area contributed by atoms with Crippen LogP contribution in [0.3, 0.4) is 0 Å². The Kier molecular flexibility index (Phi) is 4.28. The Morgan fingerprint density at radius 2 is 1.88 bits per heavy atom. The molecule has 6 heteroatoms. The van der Waals surface area contributed by atoms with E-state index in [1.165, 1.54) is 18.2 Å². The number of aromatic nitrogens is 2. The molecule has 0 atom stereocenters. The molecule has 1 heterocycles. The van der Waals surface area contributed by atoms with Crippen molar-refractivity contribution in [3.05, 3.63) is 64.3 Å². The summed E-state index contributed by atoms with van der Waals surface area (Å²) < 4.78 is 29.1.